The van der Waals surface area contributed by atoms with Crippen LogP contribution < -0.4 is 4.90 Å². The van der Waals surface area contributed by atoms with Crippen LogP contribution in [0.5, 0.6) is 0 Å². The van der Waals surface area contributed by atoms with Crippen LogP contribution in [0.4, 0.5) is 5.69 Å². The molecule has 0 bridgehead atoms. The molecular formula is C23H27ClN2O2. The first kappa shape index (κ1) is 20.4. The number of carbonyl (C=O) groups excluding carboxylic acids is 2. The highest BCUT2D eigenvalue weighted by atomic mass is 35.5. The Morgan fingerprint density at radius 1 is 1.04 bits per heavy atom. The van der Waals surface area contributed by atoms with Crippen molar-refractivity contribution >= 4 is 29.1 Å². The van der Waals surface area contributed by atoms with Crippen molar-refractivity contribution in [2.45, 2.75) is 32.6 Å². The number of hydrogen-bond acceptors (Lipinski definition) is 2. The minimum Gasteiger partial charge on any atom is -0.343 e. The fourth-order valence-corrected chi connectivity index (χ4v) is 3.91. The van der Waals surface area contributed by atoms with Gasteiger partial charge in [-0.1, -0.05) is 41.9 Å². The summed E-state index contributed by atoms with van der Waals surface area (Å²) in [5, 5.41) is 0.627. The fourth-order valence-electron chi connectivity index (χ4n) is 3.79. The van der Waals surface area contributed by atoms with Gasteiger partial charge in [0.15, 0.2) is 0 Å². The second kappa shape index (κ2) is 9.74. The molecule has 5 heteroatoms. The topological polar surface area (TPSA) is 40.6 Å². The Morgan fingerprint density at radius 3 is 2.29 bits per heavy atom. The molecule has 0 spiro atoms. The normalized spacial score (nSPS) is 14.7. The Labute approximate surface area is 172 Å². The van der Waals surface area contributed by atoms with Gasteiger partial charge in [-0.3, -0.25) is 9.59 Å². The van der Waals surface area contributed by atoms with Gasteiger partial charge in [-0.2, -0.15) is 0 Å². The van der Waals surface area contributed by atoms with Crippen LogP contribution in [0, 0.1) is 5.92 Å². The molecule has 0 unspecified atom stereocenters. The zero-order valence-corrected chi connectivity index (χ0v) is 17.1. The van der Waals surface area contributed by atoms with E-state index in [1.165, 1.54) is 12.5 Å². The number of nitrogens with zero attached hydrogens (tertiary/aromatic N) is 2. The lowest BCUT2D eigenvalue weighted by Crippen LogP contribution is -2.41. The van der Waals surface area contributed by atoms with Gasteiger partial charge in [0.25, 0.3) is 0 Å². The van der Waals surface area contributed by atoms with Crippen molar-refractivity contribution in [1.82, 2.24) is 4.90 Å². The first-order valence-corrected chi connectivity index (χ1v) is 10.3. The highest BCUT2D eigenvalue weighted by molar-refractivity contribution is 6.30. The molecule has 0 saturated carbocycles. The van der Waals surface area contributed by atoms with E-state index < -0.39 is 0 Å². The van der Waals surface area contributed by atoms with E-state index in [0.717, 1.165) is 38.0 Å². The van der Waals surface area contributed by atoms with Gasteiger partial charge in [0.1, 0.15) is 0 Å². The molecule has 4 nitrogen and oxygen atoms in total. The Kier molecular flexibility index (Phi) is 7.10. The smallest absolute Gasteiger partial charge is 0.224 e. The maximum Gasteiger partial charge on any atom is 0.224 e. The molecule has 2 aromatic carbocycles. The molecule has 2 amide bonds. The Bertz CT molecular complexity index is 784. The predicted molar refractivity (Wildman–Crippen MR) is 114 cm³/mol. The predicted octanol–water partition coefficient (Wildman–Crippen LogP) is 4.56. The zero-order chi connectivity index (χ0) is 19.9. The number of anilines is 1. The highest BCUT2D eigenvalue weighted by Crippen LogP contribution is 2.23. The van der Waals surface area contributed by atoms with Gasteiger partial charge in [0, 0.05) is 43.7 Å². The maximum absolute atomic E-state index is 12.6. The van der Waals surface area contributed by atoms with Gasteiger partial charge in [0.05, 0.1) is 0 Å². The van der Waals surface area contributed by atoms with Gasteiger partial charge >= 0.3 is 0 Å². The van der Waals surface area contributed by atoms with Gasteiger partial charge in [0.2, 0.25) is 11.8 Å². The van der Waals surface area contributed by atoms with Crippen molar-refractivity contribution in [1.29, 1.82) is 0 Å². The monoisotopic (exact) mass is 398 g/mol. The van der Waals surface area contributed by atoms with E-state index in [-0.39, 0.29) is 11.8 Å². The third-order valence-corrected chi connectivity index (χ3v) is 5.65. The molecule has 28 heavy (non-hydrogen) atoms. The van der Waals surface area contributed by atoms with E-state index in [2.05, 4.69) is 24.3 Å². The first-order valence-electron chi connectivity index (χ1n) is 9.88. The van der Waals surface area contributed by atoms with Crippen LogP contribution in [-0.2, 0) is 16.0 Å². The summed E-state index contributed by atoms with van der Waals surface area (Å²) in [6, 6.07) is 17.7. The summed E-state index contributed by atoms with van der Waals surface area (Å²) < 4.78 is 0. The molecule has 1 saturated heterocycles. The second-order valence-electron chi connectivity index (χ2n) is 7.41. The number of piperidine rings is 1. The first-order chi connectivity index (χ1) is 13.5. The number of halogens is 1. The molecule has 0 aliphatic carbocycles. The van der Waals surface area contributed by atoms with Crippen molar-refractivity contribution < 1.29 is 9.59 Å². The maximum atomic E-state index is 12.6. The molecule has 1 aliphatic rings. The van der Waals surface area contributed by atoms with Crippen LogP contribution in [0.3, 0.4) is 0 Å². The SMILES string of the molecule is CC(=O)N(CCC(=O)N1CCC(Cc2ccccc2)CC1)c1ccc(Cl)cc1. The molecule has 3 rings (SSSR count). The summed E-state index contributed by atoms with van der Waals surface area (Å²) >= 11 is 5.92. The molecule has 0 N–H and O–H groups in total. The van der Waals surface area contributed by atoms with Crippen LogP contribution in [0.15, 0.2) is 54.6 Å². The summed E-state index contributed by atoms with van der Waals surface area (Å²) in [4.78, 5) is 28.2. The minimum absolute atomic E-state index is 0.0725. The van der Waals surface area contributed by atoms with E-state index in [4.69, 9.17) is 11.6 Å². The van der Waals surface area contributed by atoms with E-state index >= 15 is 0 Å². The molecule has 1 fully saturated rings. The Balaban J connectivity index is 1.48. The molecular weight excluding hydrogens is 372 g/mol. The highest BCUT2D eigenvalue weighted by Gasteiger charge is 2.23. The summed E-state index contributed by atoms with van der Waals surface area (Å²) in [5.74, 6) is 0.685. The number of carbonyl (C=O) groups is 2. The van der Waals surface area contributed by atoms with Gasteiger partial charge in [-0.25, -0.2) is 0 Å². The molecule has 0 atom stereocenters. The lowest BCUT2D eigenvalue weighted by atomic mass is 9.90. The largest absolute Gasteiger partial charge is 0.343 e. The quantitative estimate of drug-likeness (QED) is 0.715. The van der Waals surface area contributed by atoms with Crippen molar-refractivity contribution in [2.75, 3.05) is 24.5 Å². The summed E-state index contributed by atoms with van der Waals surface area (Å²) in [6.45, 7) is 3.52. The second-order valence-corrected chi connectivity index (χ2v) is 7.85. The Hall–Kier alpha value is -2.33. The third kappa shape index (κ3) is 5.59. The average molecular weight is 399 g/mol. The molecule has 148 valence electrons. The summed E-state index contributed by atoms with van der Waals surface area (Å²) in [6.07, 6.45) is 3.49. The van der Waals surface area contributed by atoms with Crippen LogP contribution >= 0.6 is 11.6 Å². The van der Waals surface area contributed by atoms with E-state index in [1.54, 1.807) is 17.0 Å². The van der Waals surface area contributed by atoms with E-state index in [0.29, 0.717) is 23.9 Å². The molecule has 0 aromatic heterocycles. The van der Waals surface area contributed by atoms with Crippen molar-refractivity contribution in [2.24, 2.45) is 5.92 Å². The van der Waals surface area contributed by atoms with Gasteiger partial charge in [-0.05, 0) is 55.0 Å². The van der Waals surface area contributed by atoms with Crippen LogP contribution in [0.2, 0.25) is 5.02 Å². The van der Waals surface area contributed by atoms with Crippen LogP contribution in [0.25, 0.3) is 0 Å². The third-order valence-electron chi connectivity index (χ3n) is 5.40. The molecule has 0 radical (unpaired) electrons. The standard InChI is InChI=1S/C23H27ClN2O2/c1-18(27)26(22-9-7-21(24)8-10-22)16-13-23(28)25-14-11-20(12-15-25)17-19-5-3-2-4-6-19/h2-10,20H,11-17H2,1H3. The minimum atomic E-state index is -0.0725. The van der Waals surface area contributed by atoms with Crippen molar-refractivity contribution in [3.8, 4) is 0 Å². The van der Waals surface area contributed by atoms with E-state index in [9.17, 15) is 9.59 Å². The van der Waals surface area contributed by atoms with E-state index in [1.807, 2.05) is 23.1 Å². The summed E-state index contributed by atoms with van der Waals surface area (Å²) in [5.41, 5.74) is 2.14. The lowest BCUT2D eigenvalue weighted by Gasteiger charge is -2.32. The number of likely N-dealkylation sites (tertiary alicyclic amines) is 1. The molecule has 1 aliphatic heterocycles. The van der Waals surface area contributed by atoms with Gasteiger partial charge < -0.3 is 9.80 Å². The molecule has 1 heterocycles. The van der Waals surface area contributed by atoms with Gasteiger partial charge in [-0.15, -0.1) is 0 Å². The number of benzene rings is 2. The number of hydrogen-bond donors (Lipinski definition) is 0. The average Bonchev–Trinajstić information content (AvgIpc) is 2.70. The fraction of sp³-hybridized carbons (Fsp3) is 0.391. The molecule has 2 aromatic rings. The van der Waals surface area contributed by atoms with Crippen LogP contribution in [0.1, 0.15) is 31.7 Å². The number of amides is 2. The lowest BCUT2D eigenvalue weighted by molar-refractivity contribution is -0.132. The Morgan fingerprint density at radius 2 is 1.68 bits per heavy atom. The summed E-state index contributed by atoms with van der Waals surface area (Å²) in [7, 11) is 0. The van der Waals surface area contributed by atoms with Crippen LogP contribution in [-0.4, -0.2) is 36.3 Å². The van der Waals surface area contributed by atoms with Crippen molar-refractivity contribution in [3.63, 3.8) is 0 Å². The van der Waals surface area contributed by atoms with Crippen molar-refractivity contribution in [3.05, 3.63) is 65.2 Å². The zero-order valence-electron chi connectivity index (χ0n) is 16.3. The number of rotatable bonds is 6.